The highest BCUT2D eigenvalue weighted by atomic mass is 35.6. The van der Waals surface area contributed by atoms with Gasteiger partial charge in [-0.15, -0.1) is 34.8 Å². The zero-order chi connectivity index (χ0) is 13.5. The molecule has 0 bridgehead atoms. The molecule has 10 heteroatoms. The summed E-state index contributed by atoms with van der Waals surface area (Å²) < 4.78 is 17.4. The van der Waals surface area contributed by atoms with Crippen molar-refractivity contribution >= 4 is 77.1 Å². The molecule has 0 aliphatic rings. The monoisotopic (exact) mass is 383 g/mol. The van der Waals surface area contributed by atoms with Gasteiger partial charge in [-0.1, -0.05) is 34.8 Å². The first kappa shape index (κ1) is 18.9. The van der Waals surface area contributed by atoms with Gasteiger partial charge in [0, 0.05) is 24.8 Å². The normalized spacial score (nSPS) is 16.2. The molecule has 0 aromatic heterocycles. The van der Waals surface area contributed by atoms with Crippen molar-refractivity contribution in [2.75, 3.05) is 37.1 Å². The summed E-state index contributed by atoms with van der Waals surface area (Å²) in [4.78, 5) is 0. The lowest BCUT2D eigenvalue weighted by Crippen LogP contribution is -2.28. The van der Waals surface area contributed by atoms with Crippen molar-refractivity contribution in [3.8, 4) is 0 Å². The highest BCUT2D eigenvalue weighted by Gasteiger charge is 2.33. The molecule has 0 N–H and O–H groups in total. The van der Waals surface area contributed by atoms with E-state index in [1.54, 1.807) is 0 Å². The molecule has 3 nitrogen and oxygen atoms in total. The van der Waals surface area contributed by atoms with Crippen molar-refractivity contribution in [2.45, 2.75) is 3.79 Å². The first-order valence-corrected chi connectivity index (χ1v) is 9.03. The summed E-state index contributed by atoms with van der Waals surface area (Å²) in [7, 11) is -3.26. The van der Waals surface area contributed by atoms with E-state index in [9.17, 15) is 4.57 Å². The molecule has 0 fully saturated rings. The fourth-order valence-corrected chi connectivity index (χ4v) is 4.26. The molecule has 104 valence electrons. The first-order valence-electron chi connectivity index (χ1n) is 4.52. The second-order valence-corrected chi connectivity index (χ2v) is 9.30. The van der Waals surface area contributed by atoms with Crippen molar-refractivity contribution in [3.63, 3.8) is 0 Å². The number of alkyl halides is 6. The van der Waals surface area contributed by atoms with Gasteiger partial charge in [0.15, 0.2) is 0 Å². The van der Waals surface area contributed by atoms with Crippen LogP contribution in [-0.4, -0.2) is 45.5 Å². The second kappa shape index (κ2) is 8.94. The third-order valence-electron chi connectivity index (χ3n) is 1.70. The van der Waals surface area contributed by atoms with Crippen molar-refractivity contribution < 1.29 is 9.09 Å². The van der Waals surface area contributed by atoms with E-state index in [0.29, 0.717) is 13.1 Å². The lowest BCUT2D eigenvalue weighted by Gasteiger charge is -2.29. The average Bonchev–Trinajstić information content (AvgIpc) is 2.25. The van der Waals surface area contributed by atoms with Crippen LogP contribution >= 0.6 is 77.1 Å². The lowest BCUT2D eigenvalue weighted by molar-refractivity contribution is 0.274. The Hall–Kier alpha value is 1.89. The zero-order valence-electron chi connectivity index (χ0n) is 8.72. The van der Waals surface area contributed by atoms with E-state index in [2.05, 4.69) is 0 Å². The highest BCUT2D eigenvalue weighted by molar-refractivity contribution is 7.58. The van der Waals surface area contributed by atoms with Gasteiger partial charge >= 0.3 is 0 Å². The van der Waals surface area contributed by atoms with Crippen LogP contribution in [0.4, 0.5) is 0 Å². The molecule has 0 spiro atoms. The molecule has 0 rings (SSSR count). The lowest BCUT2D eigenvalue weighted by atomic mass is 10.6. The molecule has 0 aliphatic heterocycles. The zero-order valence-corrected chi connectivity index (χ0v) is 14.2. The molecular formula is C7H12Cl6NO2P. The summed E-state index contributed by atoms with van der Waals surface area (Å²) in [6.07, 6.45) is 0. The van der Waals surface area contributed by atoms with E-state index in [4.69, 9.17) is 74.1 Å². The molecule has 0 saturated carbocycles. The Morgan fingerprint density at radius 1 is 1.06 bits per heavy atom. The van der Waals surface area contributed by atoms with Gasteiger partial charge in [0.05, 0.1) is 0 Å². The third-order valence-corrected chi connectivity index (χ3v) is 5.37. The Morgan fingerprint density at radius 2 is 1.53 bits per heavy atom. The smallest absolute Gasteiger partial charge is 0.287 e. The number of halogens is 6. The highest BCUT2D eigenvalue weighted by Crippen LogP contribution is 2.52. The maximum atomic E-state index is 12.4. The summed E-state index contributed by atoms with van der Waals surface area (Å²) >= 11 is 33.4. The van der Waals surface area contributed by atoms with Gasteiger partial charge in [-0.2, -0.15) is 0 Å². The first-order chi connectivity index (χ1) is 7.79. The van der Waals surface area contributed by atoms with Crippen molar-refractivity contribution in [1.29, 1.82) is 0 Å². The number of hydrogen-bond donors (Lipinski definition) is 0. The Balaban J connectivity index is 4.65. The Morgan fingerprint density at radius 3 is 1.82 bits per heavy atom. The van der Waals surface area contributed by atoms with Crippen LogP contribution in [0.25, 0.3) is 0 Å². The molecule has 0 aromatic rings. The SMILES string of the molecule is O=P(CCl)(OCC(Cl)(Cl)Cl)N(CCCl)CCCl. The van der Waals surface area contributed by atoms with E-state index >= 15 is 0 Å². The molecule has 0 amide bonds. The minimum atomic E-state index is -3.26. The van der Waals surface area contributed by atoms with Crippen LogP contribution < -0.4 is 0 Å². The van der Waals surface area contributed by atoms with E-state index in [1.807, 2.05) is 0 Å². The average molecular weight is 386 g/mol. The van der Waals surface area contributed by atoms with Crippen LogP contribution in [0, 0.1) is 0 Å². The standard InChI is InChI=1S/C7H12Cl6NO2P/c8-1-3-14(4-2-9)17(15,6-10)16-5-7(11,12)13/h1-6H2. The molecule has 0 radical (unpaired) electrons. The predicted octanol–water partition coefficient (Wildman–Crippen LogP) is 4.54. The maximum absolute atomic E-state index is 12.4. The molecular weight excluding hydrogens is 374 g/mol. The van der Waals surface area contributed by atoms with E-state index in [0.717, 1.165) is 0 Å². The van der Waals surface area contributed by atoms with Crippen LogP contribution in [0.1, 0.15) is 0 Å². The van der Waals surface area contributed by atoms with Gasteiger partial charge in [-0.05, 0) is 0 Å². The quantitative estimate of drug-likeness (QED) is 0.453. The fourth-order valence-electron chi connectivity index (χ4n) is 0.977. The second-order valence-electron chi connectivity index (χ2n) is 2.98. The Bertz CT molecular complexity index is 255. The van der Waals surface area contributed by atoms with E-state index < -0.39 is 11.3 Å². The molecule has 1 atom stereocenters. The van der Waals surface area contributed by atoms with Crippen LogP contribution in [0.15, 0.2) is 0 Å². The summed E-state index contributed by atoms with van der Waals surface area (Å²) in [5.41, 5.74) is -0.221. The van der Waals surface area contributed by atoms with Gasteiger partial charge in [0.2, 0.25) is 3.79 Å². The van der Waals surface area contributed by atoms with Gasteiger partial charge in [0.1, 0.15) is 12.2 Å². The number of hydrogen-bond acceptors (Lipinski definition) is 2. The molecule has 0 heterocycles. The third kappa shape index (κ3) is 7.91. The van der Waals surface area contributed by atoms with E-state index in [-0.39, 0.29) is 24.0 Å². The van der Waals surface area contributed by atoms with Crippen LogP contribution in [0.2, 0.25) is 0 Å². The maximum Gasteiger partial charge on any atom is 0.287 e. The van der Waals surface area contributed by atoms with Gasteiger partial charge in [-0.3, -0.25) is 4.57 Å². The molecule has 0 aliphatic carbocycles. The van der Waals surface area contributed by atoms with Crippen molar-refractivity contribution in [3.05, 3.63) is 0 Å². The minimum Gasteiger partial charge on any atom is -0.312 e. The molecule has 0 saturated heterocycles. The largest absolute Gasteiger partial charge is 0.312 e. The predicted molar refractivity (Wildman–Crippen MR) is 77.6 cm³/mol. The van der Waals surface area contributed by atoms with E-state index in [1.165, 1.54) is 4.67 Å². The molecule has 17 heavy (non-hydrogen) atoms. The van der Waals surface area contributed by atoms with Crippen LogP contribution in [0.3, 0.4) is 0 Å². The summed E-state index contributed by atoms with van der Waals surface area (Å²) in [6, 6.07) is 0. The summed E-state index contributed by atoms with van der Waals surface area (Å²) in [5, 5.41) is 0. The fraction of sp³-hybridized carbons (Fsp3) is 1.00. The summed E-state index contributed by atoms with van der Waals surface area (Å²) in [5.74, 6) is 0.545. The minimum absolute atomic E-state index is 0.221. The topological polar surface area (TPSA) is 29.5 Å². The van der Waals surface area contributed by atoms with Crippen molar-refractivity contribution in [1.82, 2.24) is 4.67 Å². The molecule has 1 unspecified atom stereocenters. The van der Waals surface area contributed by atoms with Gasteiger partial charge in [0.25, 0.3) is 7.52 Å². The number of rotatable bonds is 8. The van der Waals surface area contributed by atoms with Gasteiger partial charge < -0.3 is 4.52 Å². The molecule has 0 aromatic carbocycles. The van der Waals surface area contributed by atoms with Crippen molar-refractivity contribution in [2.24, 2.45) is 0 Å². The Labute approximate surface area is 131 Å². The van der Waals surface area contributed by atoms with Gasteiger partial charge in [-0.25, -0.2) is 4.67 Å². The number of nitrogens with zero attached hydrogens (tertiary/aromatic N) is 1. The summed E-state index contributed by atoms with van der Waals surface area (Å²) in [6.45, 7) is 0.346. The Kier molecular flexibility index (Phi) is 9.94. The van der Waals surface area contributed by atoms with Crippen LogP contribution in [0.5, 0.6) is 0 Å². The van der Waals surface area contributed by atoms with Crippen LogP contribution in [-0.2, 0) is 9.09 Å².